The predicted octanol–water partition coefficient (Wildman–Crippen LogP) is 2.84. The van der Waals surface area contributed by atoms with Gasteiger partial charge in [-0.2, -0.15) is 11.8 Å². The Bertz CT molecular complexity index is 248. The van der Waals surface area contributed by atoms with Crippen molar-refractivity contribution in [3.63, 3.8) is 0 Å². The van der Waals surface area contributed by atoms with Gasteiger partial charge in [-0.1, -0.05) is 6.92 Å². The fraction of sp³-hybridized carbons (Fsp3) is 0.667. The van der Waals surface area contributed by atoms with E-state index in [1.54, 1.807) is 18.3 Å². The van der Waals surface area contributed by atoms with Crippen LogP contribution in [0.1, 0.15) is 37.1 Å². The van der Waals surface area contributed by atoms with Crippen LogP contribution in [0.4, 0.5) is 0 Å². The Kier molecular flexibility index (Phi) is 4.77. The van der Waals surface area contributed by atoms with Gasteiger partial charge in [0.15, 0.2) is 0 Å². The van der Waals surface area contributed by atoms with Gasteiger partial charge >= 0.3 is 0 Å². The van der Waals surface area contributed by atoms with Crippen molar-refractivity contribution in [2.24, 2.45) is 0 Å². The Balaban J connectivity index is 2.40. The summed E-state index contributed by atoms with van der Waals surface area (Å²) in [7, 11) is 0. The highest BCUT2D eigenvalue weighted by atomic mass is 32.2. The molecule has 4 heteroatoms. The van der Waals surface area contributed by atoms with E-state index in [0.717, 1.165) is 16.5 Å². The summed E-state index contributed by atoms with van der Waals surface area (Å²) >= 11 is 3.53. The average molecular weight is 217 g/mol. The Morgan fingerprint density at radius 2 is 2.46 bits per heavy atom. The molecule has 1 atom stereocenters. The zero-order chi connectivity index (χ0) is 9.68. The molecule has 1 rings (SSSR count). The summed E-state index contributed by atoms with van der Waals surface area (Å²) in [6.07, 6.45) is 0.778. The van der Waals surface area contributed by atoms with E-state index in [2.05, 4.69) is 11.9 Å². The maximum Gasteiger partial charge on any atom is 0.103 e. The zero-order valence-corrected chi connectivity index (χ0v) is 9.62. The van der Waals surface area contributed by atoms with Gasteiger partial charge in [0.2, 0.25) is 0 Å². The minimum Gasteiger partial charge on any atom is -0.387 e. The van der Waals surface area contributed by atoms with Gasteiger partial charge < -0.3 is 5.11 Å². The first kappa shape index (κ1) is 11.0. The lowest BCUT2D eigenvalue weighted by Crippen LogP contribution is -1.91. The highest BCUT2D eigenvalue weighted by molar-refractivity contribution is 7.98. The standard InChI is InChI=1S/C9H15NOS2/c1-3-4-12-6-9-10-8(5-13-9)7(2)11/h5,7,11H,3-4,6H2,1-2H3. The van der Waals surface area contributed by atoms with Crippen LogP contribution in [0.25, 0.3) is 0 Å². The lowest BCUT2D eigenvalue weighted by molar-refractivity contribution is 0.195. The Hall–Kier alpha value is -0.0600. The van der Waals surface area contributed by atoms with E-state index < -0.39 is 6.10 Å². The van der Waals surface area contributed by atoms with Gasteiger partial charge in [0.05, 0.1) is 11.8 Å². The van der Waals surface area contributed by atoms with Crippen LogP contribution in [0.5, 0.6) is 0 Å². The van der Waals surface area contributed by atoms with Crippen LogP contribution in [0.3, 0.4) is 0 Å². The zero-order valence-electron chi connectivity index (χ0n) is 7.99. The highest BCUT2D eigenvalue weighted by Crippen LogP contribution is 2.20. The van der Waals surface area contributed by atoms with Crippen molar-refractivity contribution in [2.45, 2.75) is 32.1 Å². The van der Waals surface area contributed by atoms with Crippen molar-refractivity contribution in [3.05, 3.63) is 16.1 Å². The van der Waals surface area contributed by atoms with Crippen LogP contribution in [-0.4, -0.2) is 15.8 Å². The van der Waals surface area contributed by atoms with E-state index in [-0.39, 0.29) is 0 Å². The molecule has 0 saturated heterocycles. The molecule has 0 aromatic carbocycles. The molecule has 0 bridgehead atoms. The predicted molar refractivity (Wildman–Crippen MR) is 59.2 cm³/mol. The maximum atomic E-state index is 9.25. The third kappa shape index (κ3) is 3.67. The molecule has 1 heterocycles. The summed E-state index contributed by atoms with van der Waals surface area (Å²) in [5.41, 5.74) is 0.803. The molecule has 0 aliphatic carbocycles. The van der Waals surface area contributed by atoms with Gasteiger partial charge in [-0.05, 0) is 19.1 Å². The lowest BCUT2D eigenvalue weighted by atomic mass is 10.3. The topological polar surface area (TPSA) is 33.1 Å². The van der Waals surface area contributed by atoms with E-state index in [1.807, 2.05) is 17.1 Å². The number of aliphatic hydroxyl groups is 1. The molecule has 0 spiro atoms. The summed E-state index contributed by atoms with van der Waals surface area (Å²) in [5.74, 6) is 2.16. The van der Waals surface area contributed by atoms with Gasteiger partial charge in [-0.25, -0.2) is 4.98 Å². The molecule has 0 aliphatic heterocycles. The van der Waals surface area contributed by atoms with Crippen LogP contribution in [0.15, 0.2) is 5.38 Å². The fourth-order valence-electron chi connectivity index (χ4n) is 0.887. The van der Waals surface area contributed by atoms with Gasteiger partial charge in [-0.15, -0.1) is 11.3 Å². The third-order valence-corrected chi connectivity index (χ3v) is 3.80. The quantitative estimate of drug-likeness (QED) is 0.770. The van der Waals surface area contributed by atoms with Crippen molar-refractivity contribution < 1.29 is 5.11 Å². The second kappa shape index (κ2) is 5.62. The molecule has 1 N–H and O–H groups in total. The van der Waals surface area contributed by atoms with Gasteiger partial charge in [0.1, 0.15) is 5.01 Å². The highest BCUT2D eigenvalue weighted by Gasteiger charge is 2.05. The molecule has 0 fully saturated rings. The molecule has 13 heavy (non-hydrogen) atoms. The van der Waals surface area contributed by atoms with Crippen molar-refractivity contribution >= 4 is 23.1 Å². The monoisotopic (exact) mass is 217 g/mol. The molecule has 1 aromatic heterocycles. The lowest BCUT2D eigenvalue weighted by Gasteiger charge is -1.97. The van der Waals surface area contributed by atoms with Crippen molar-refractivity contribution in [1.82, 2.24) is 4.98 Å². The Labute approximate surface area is 87.4 Å². The molecular weight excluding hydrogens is 202 g/mol. The summed E-state index contributed by atoms with van der Waals surface area (Å²) < 4.78 is 0. The second-order valence-corrected chi connectivity index (χ2v) is 4.94. The maximum absolute atomic E-state index is 9.25. The Morgan fingerprint density at radius 3 is 3.00 bits per heavy atom. The van der Waals surface area contributed by atoms with E-state index in [0.29, 0.717) is 0 Å². The van der Waals surface area contributed by atoms with Gasteiger partial charge in [-0.3, -0.25) is 0 Å². The second-order valence-electron chi connectivity index (χ2n) is 2.89. The number of thioether (sulfide) groups is 1. The Morgan fingerprint density at radius 1 is 1.69 bits per heavy atom. The van der Waals surface area contributed by atoms with E-state index >= 15 is 0 Å². The molecule has 1 unspecified atom stereocenters. The smallest absolute Gasteiger partial charge is 0.103 e. The number of thiazole rings is 1. The number of hydrogen-bond donors (Lipinski definition) is 1. The van der Waals surface area contributed by atoms with Crippen LogP contribution in [-0.2, 0) is 5.75 Å². The molecule has 0 radical (unpaired) electrons. The van der Waals surface area contributed by atoms with E-state index in [9.17, 15) is 5.11 Å². The number of nitrogens with zero attached hydrogens (tertiary/aromatic N) is 1. The first-order chi connectivity index (χ1) is 6.24. The van der Waals surface area contributed by atoms with Gasteiger partial charge in [0, 0.05) is 11.1 Å². The average Bonchev–Trinajstić information content (AvgIpc) is 2.53. The summed E-state index contributed by atoms with van der Waals surface area (Å²) in [6.45, 7) is 3.92. The van der Waals surface area contributed by atoms with Crippen molar-refractivity contribution in [1.29, 1.82) is 0 Å². The molecule has 0 amide bonds. The minimum absolute atomic E-state index is 0.429. The number of aliphatic hydroxyl groups excluding tert-OH is 1. The first-order valence-electron chi connectivity index (χ1n) is 4.44. The van der Waals surface area contributed by atoms with E-state index in [4.69, 9.17) is 0 Å². The van der Waals surface area contributed by atoms with Gasteiger partial charge in [0.25, 0.3) is 0 Å². The largest absolute Gasteiger partial charge is 0.387 e. The van der Waals surface area contributed by atoms with Crippen LogP contribution < -0.4 is 0 Å². The molecular formula is C9H15NOS2. The number of aromatic nitrogens is 1. The molecule has 74 valence electrons. The molecule has 2 nitrogen and oxygen atoms in total. The van der Waals surface area contributed by atoms with Crippen molar-refractivity contribution in [2.75, 3.05) is 5.75 Å². The van der Waals surface area contributed by atoms with Crippen LogP contribution >= 0.6 is 23.1 Å². The molecule has 0 saturated carbocycles. The number of hydrogen-bond acceptors (Lipinski definition) is 4. The van der Waals surface area contributed by atoms with Crippen LogP contribution in [0.2, 0.25) is 0 Å². The third-order valence-electron chi connectivity index (χ3n) is 1.57. The van der Waals surface area contributed by atoms with Crippen molar-refractivity contribution in [3.8, 4) is 0 Å². The first-order valence-corrected chi connectivity index (χ1v) is 6.47. The summed E-state index contributed by atoms with van der Waals surface area (Å²) in [5, 5.41) is 12.3. The van der Waals surface area contributed by atoms with Crippen LogP contribution in [0, 0.1) is 0 Å². The fourth-order valence-corrected chi connectivity index (χ4v) is 2.75. The van der Waals surface area contributed by atoms with E-state index in [1.165, 1.54) is 12.2 Å². The minimum atomic E-state index is -0.429. The SMILES string of the molecule is CCCSCc1nc(C(C)O)cs1. The molecule has 1 aromatic rings. The summed E-state index contributed by atoms with van der Waals surface area (Å²) in [4.78, 5) is 4.33. The molecule has 0 aliphatic rings. The summed E-state index contributed by atoms with van der Waals surface area (Å²) in [6, 6.07) is 0. The number of rotatable bonds is 5. The normalized spacial score (nSPS) is 13.2.